The largest absolute Gasteiger partial charge is 0.361 e. The second-order valence-corrected chi connectivity index (χ2v) is 8.03. The smallest absolute Gasteiger partial charge is 0.242 e. The summed E-state index contributed by atoms with van der Waals surface area (Å²) in [6.45, 7) is 1.97. The number of aromatic nitrogens is 1. The van der Waals surface area contributed by atoms with Crippen LogP contribution in [0.3, 0.4) is 0 Å². The molecule has 2 aromatic carbocycles. The van der Waals surface area contributed by atoms with Gasteiger partial charge in [-0.2, -0.15) is 0 Å². The quantitative estimate of drug-likeness (QED) is 0.438. The van der Waals surface area contributed by atoms with Gasteiger partial charge in [0.15, 0.2) is 0 Å². The predicted octanol–water partition coefficient (Wildman–Crippen LogP) is 3.79. The number of carbonyl (C=O) groups excluding carboxylic acids is 2. The van der Waals surface area contributed by atoms with Gasteiger partial charge in [-0.1, -0.05) is 36.4 Å². The Hall–Kier alpha value is -3.12. The molecule has 148 valence electrons. The third-order valence-electron chi connectivity index (χ3n) is 5.05. The Morgan fingerprint density at radius 3 is 2.62 bits per heavy atom. The van der Waals surface area contributed by atoms with Crippen molar-refractivity contribution >= 4 is 44.1 Å². The van der Waals surface area contributed by atoms with E-state index in [1.54, 1.807) is 11.3 Å². The summed E-state index contributed by atoms with van der Waals surface area (Å²) < 4.78 is 1.25. The molecular weight excluding hydrogens is 382 g/mol. The summed E-state index contributed by atoms with van der Waals surface area (Å²) in [4.78, 5) is 27.7. The number of fused-ring (bicyclic) bond motifs is 2. The van der Waals surface area contributed by atoms with Crippen molar-refractivity contribution in [3.8, 4) is 0 Å². The van der Waals surface area contributed by atoms with Gasteiger partial charge in [-0.15, -0.1) is 11.3 Å². The van der Waals surface area contributed by atoms with Gasteiger partial charge in [-0.05, 0) is 40.4 Å². The van der Waals surface area contributed by atoms with Crippen molar-refractivity contribution in [2.75, 3.05) is 6.54 Å². The summed E-state index contributed by atoms with van der Waals surface area (Å²) in [5, 5.41) is 10.2. The van der Waals surface area contributed by atoms with Crippen LogP contribution < -0.4 is 10.6 Å². The summed E-state index contributed by atoms with van der Waals surface area (Å²) in [5.74, 6) is -0.376. The van der Waals surface area contributed by atoms with Gasteiger partial charge < -0.3 is 15.6 Å². The maximum atomic E-state index is 12.8. The van der Waals surface area contributed by atoms with E-state index in [4.69, 9.17) is 0 Å². The van der Waals surface area contributed by atoms with E-state index >= 15 is 0 Å². The van der Waals surface area contributed by atoms with Gasteiger partial charge in [0.05, 0.1) is 0 Å². The number of thiophene rings is 1. The number of aromatic amines is 1. The van der Waals surface area contributed by atoms with Crippen molar-refractivity contribution in [2.45, 2.75) is 25.8 Å². The molecule has 29 heavy (non-hydrogen) atoms. The van der Waals surface area contributed by atoms with Crippen LogP contribution in [0.4, 0.5) is 0 Å². The lowest BCUT2D eigenvalue weighted by Gasteiger charge is -2.17. The van der Waals surface area contributed by atoms with Gasteiger partial charge >= 0.3 is 0 Å². The molecule has 0 radical (unpaired) electrons. The second kappa shape index (κ2) is 8.49. The van der Waals surface area contributed by atoms with Crippen LogP contribution in [0.15, 0.2) is 60.1 Å². The van der Waals surface area contributed by atoms with Gasteiger partial charge in [0.2, 0.25) is 11.8 Å². The number of H-pyrrole nitrogens is 1. The molecular formula is C23H23N3O2S. The first-order valence-corrected chi connectivity index (χ1v) is 10.5. The van der Waals surface area contributed by atoms with E-state index in [0.29, 0.717) is 13.0 Å². The van der Waals surface area contributed by atoms with Crippen molar-refractivity contribution in [3.63, 3.8) is 0 Å². The molecule has 5 nitrogen and oxygen atoms in total. The normalized spacial score (nSPS) is 12.2. The number of rotatable bonds is 7. The monoisotopic (exact) mass is 405 g/mol. The molecule has 1 atom stereocenters. The Kier molecular flexibility index (Phi) is 5.62. The van der Waals surface area contributed by atoms with E-state index in [1.165, 1.54) is 22.6 Å². The molecule has 0 saturated heterocycles. The zero-order valence-electron chi connectivity index (χ0n) is 16.2. The Labute approximate surface area is 173 Å². The van der Waals surface area contributed by atoms with E-state index in [2.05, 4.69) is 33.1 Å². The van der Waals surface area contributed by atoms with Crippen LogP contribution in [0.2, 0.25) is 0 Å². The number of hydrogen-bond acceptors (Lipinski definition) is 3. The lowest BCUT2D eigenvalue weighted by Crippen LogP contribution is -2.47. The molecule has 0 saturated carbocycles. The number of para-hydroxylation sites is 1. The highest BCUT2D eigenvalue weighted by Crippen LogP contribution is 2.25. The first-order chi connectivity index (χ1) is 14.1. The molecule has 0 aliphatic rings. The Balaban J connectivity index is 1.42. The molecule has 4 rings (SSSR count). The molecule has 2 amide bonds. The maximum Gasteiger partial charge on any atom is 0.242 e. The molecule has 0 fully saturated rings. The van der Waals surface area contributed by atoms with Crippen molar-refractivity contribution in [1.29, 1.82) is 0 Å². The van der Waals surface area contributed by atoms with Crippen LogP contribution in [0.5, 0.6) is 0 Å². The highest BCUT2D eigenvalue weighted by Gasteiger charge is 2.21. The van der Waals surface area contributed by atoms with Gasteiger partial charge in [0.1, 0.15) is 6.04 Å². The van der Waals surface area contributed by atoms with Crippen LogP contribution in [-0.2, 0) is 22.4 Å². The fraction of sp³-hybridized carbons (Fsp3) is 0.217. The molecule has 4 aromatic rings. The van der Waals surface area contributed by atoms with Crippen LogP contribution in [0.1, 0.15) is 18.1 Å². The van der Waals surface area contributed by atoms with Crippen LogP contribution in [-0.4, -0.2) is 29.4 Å². The van der Waals surface area contributed by atoms with Crippen LogP contribution >= 0.6 is 11.3 Å². The number of hydrogen-bond donors (Lipinski definition) is 3. The lowest BCUT2D eigenvalue weighted by molar-refractivity contribution is -0.128. The van der Waals surface area contributed by atoms with E-state index < -0.39 is 6.04 Å². The van der Waals surface area contributed by atoms with Crippen molar-refractivity contribution in [1.82, 2.24) is 15.6 Å². The predicted molar refractivity (Wildman–Crippen MR) is 118 cm³/mol. The van der Waals surface area contributed by atoms with E-state index in [-0.39, 0.29) is 11.8 Å². The summed E-state index contributed by atoms with van der Waals surface area (Å²) in [5.41, 5.74) is 3.27. The molecule has 2 aromatic heterocycles. The van der Waals surface area contributed by atoms with Gasteiger partial charge in [0, 0.05) is 41.7 Å². The number of amides is 2. The number of benzene rings is 2. The summed E-state index contributed by atoms with van der Waals surface area (Å²) in [6, 6.07) is 15.6. The summed E-state index contributed by atoms with van der Waals surface area (Å²) in [6.07, 6.45) is 3.11. The van der Waals surface area contributed by atoms with Crippen LogP contribution in [0.25, 0.3) is 21.0 Å². The van der Waals surface area contributed by atoms with Crippen LogP contribution in [0, 0.1) is 0 Å². The number of nitrogens with one attached hydrogen (secondary N) is 3. The highest BCUT2D eigenvalue weighted by molar-refractivity contribution is 7.17. The first-order valence-electron chi connectivity index (χ1n) is 9.67. The zero-order chi connectivity index (χ0) is 20.2. The Morgan fingerprint density at radius 1 is 1.03 bits per heavy atom. The van der Waals surface area contributed by atoms with Gasteiger partial charge in [0.25, 0.3) is 0 Å². The first kappa shape index (κ1) is 19.2. The molecule has 0 aliphatic carbocycles. The lowest BCUT2D eigenvalue weighted by atomic mass is 10.0. The van der Waals surface area contributed by atoms with E-state index in [0.717, 1.165) is 22.9 Å². The molecule has 0 aliphatic heterocycles. The molecule has 0 spiro atoms. The average Bonchev–Trinajstić information content (AvgIpc) is 3.32. The Morgan fingerprint density at radius 2 is 1.79 bits per heavy atom. The standard InChI is InChI=1S/C23H23N3O2S/c1-15(27)26-21(12-17-13-25-20-8-4-2-6-18(17)20)23(28)24-11-10-16-14-29-22-9-5-3-7-19(16)22/h2-9,13-14,21,25H,10-12H2,1H3,(H,24,28)(H,26,27). The third-order valence-corrected chi connectivity index (χ3v) is 6.06. The number of carbonyl (C=O) groups is 2. The van der Waals surface area contributed by atoms with Gasteiger partial charge in [-0.25, -0.2) is 0 Å². The molecule has 2 heterocycles. The van der Waals surface area contributed by atoms with Gasteiger partial charge in [-0.3, -0.25) is 9.59 Å². The molecule has 6 heteroatoms. The van der Waals surface area contributed by atoms with E-state index in [9.17, 15) is 9.59 Å². The van der Waals surface area contributed by atoms with Crippen molar-refractivity contribution in [3.05, 3.63) is 71.2 Å². The van der Waals surface area contributed by atoms with Crippen molar-refractivity contribution < 1.29 is 9.59 Å². The minimum Gasteiger partial charge on any atom is -0.361 e. The fourth-order valence-corrected chi connectivity index (χ4v) is 4.64. The van der Waals surface area contributed by atoms with E-state index in [1.807, 2.05) is 42.6 Å². The third kappa shape index (κ3) is 4.32. The second-order valence-electron chi connectivity index (χ2n) is 7.11. The highest BCUT2D eigenvalue weighted by atomic mass is 32.1. The Bertz CT molecular complexity index is 1160. The zero-order valence-corrected chi connectivity index (χ0v) is 17.0. The minimum absolute atomic E-state index is 0.162. The molecule has 0 bridgehead atoms. The summed E-state index contributed by atoms with van der Waals surface area (Å²) >= 11 is 1.72. The fourth-order valence-electron chi connectivity index (χ4n) is 3.65. The maximum absolute atomic E-state index is 12.8. The average molecular weight is 406 g/mol. The molecule has 3 N–H and O–H groups in total. The minimum atomic E-state index is -0.606. The molecule has 1 unspecified atom stereocenters. The van der Waals surface area contributed by atoms with Crippen molar-refractivity contribution in [2.24, 2.45) is 0 Å². The SMILES string of the molecule is CC(=O)NC(Cc1c[nH]c2ccccc12)C(=O)NCCc1csc2ccccc12. The summed E-state index contributed by atoms with van der Waals surface area (Å²) in [7, 11) is 0. The topological polar surface area (TPSA) is 74.0 Å².